The maximum Gasteiger partial charge on any atom is 0.251 e. The Balaban J connectivity index is 1.74. The van der Waals surface area contributed by atoms with Crippen molar-refractivity contribution in [3.63, 3.8) is 0 Å². The lowest BCUT2D eigenvalue weighted by Crippen LogP contribution is -2.28. The van der Waals surface area contributed by atoms with Crippen molar-refractivity contribution in [3.05, 3.63) is 53.5 Å². The van der Waals surface area contributed by atoms with Crippen LogP contribution in [0.2, 0.25) is 0 Å². The lowest BCUT2D eigenvalue weighted by atomic mass is 9.95. The normalized spacial score (nSPS) is 11.5. The zero-order valence-electron chi connectivity index (χ0n) is 17.9. The van der Waals surface area contributed by atoms with Crippen molar-refractivity contribution in [3.8, 4) is 0 Å². The highest BCUT2D eigenvalue weighted by molar-refractivity contribution is 7.98. The molecule has 0 atom stereocenters. The first-order chi connectivity index (χ1) is 13.6. The highest BCUT2D eigenvalue weighted by atomic mass is 32.2. The third-order valence-electron chi connectivity index (χ3n) is 4.03. The van der Waals surface area contributed by atoms with E-state index < -0.39 is 5.41 Å². The van der Waals surface area contributed by atoms with E-state index in [0.29, 0.717) is 17.8 Å². The summed E-state index contributed by atoms with van der Waals surface area (Å²) in [6, 6.07) is 11.0. The smallest absolute Gasteiger partial charge is 0.251 e. The van der Waals surface area contributed by atoms with Gasteiger partial charge in [-0.15, -0.1) is 0 Å². The van der Waals surface area contributed by atoms with Gasteiger partial charge in [-0.3, -0.25) is 9.59 Å². The number of anilines is 1. The van der Waals surface area contributed by atoms with E-state index in [4.69, 9.17) is 4.42 Å². The van der Waals surface area contributed by atoms with Crippen LogP contribution in [-0.4, -0.2) is 43.1 Å². The first-order valence-electron chi connectivity index (χ1n) is 9.65. The number of thioether (sulfide) groups is 1. The van der Waals surface area contributed by atoms with Crippen LogP contribution < -0.4 is 10.6 Å². The van der Waals surface area contributed by atoms with Crippen molar-refractivity contribution in [2.24, 2.45) is 5.41 Å². The summed E-state index contributed by atoms with van der Waals surface area (Å²) in [5.74, 6) is 3.23. The van der Waals surface area contributed by atoms with Crippen LogP contribution in [0.3, 0.4) is 0 Å². The largest absolute Gasteiger partial charge is 0.464 e. The molecule has 2 rings (SSSR count). The maximum absolute atomic E-state index is 12.4. The summed E-state index contributed by atoms with van der Waals surface area (Å²) in [7, 11) is 4.02. The monoisotopic (exact) mass is 417 g/mol. The van der Waals surface area contributed by atoms with Gasteiger partial charge in [0.1, 0.15) is 11.5 Å². The van der Waals surface area contributed by atoms with Crippen LogP contribution in [-0.2, 0) is 17.1 Å². The lowest BCUT2D eigenvalue weighted by Gasteiger charge is -2.18. The average molecular weight is 418 g/mol. The summed E-state index contributed by atoms with van der Waals surface area (Å²) in [5, 5.41) is 5.77. The van der Waals surface area contributed by atoms with Gasteiger partial charge in [0.25, 0.3) is 5.91 Å². The average Bonchev–Trinajstić information content (AvgIpc) is 3.07. The number of nitrogens with one attached hydrogen (secondary N) is 2. The standard InChI is InChI=1S/C22H31N3O3S/c1-22(2,3)21(27)24-17-8-6-7-16(13-17)20(26)23-11-12-29-15-19-10-9-18(28-19)14-25(4)5/h6-10,13H,11-12,14-15H2,1-5H3,(H,23,26)(H,24,27). The van der Waals surface area contributed by atoms with Gasteiger partial charge >= 0.3 is 0 Å². The van der Waals surface area contributed by atoms with E-state index in [1.165, 1.54) is 0 Å². The molecule has 29 heavy (non-hydrogen) atoms. The van der Waals surface area contributed by atoms with E-state index in [9.17, 15) is 9.59 Å². The Kier molecular flexibility index (Phi) is 8.34. The highest BCUT2D eigenvalue weighted by Crippen LogP contribution is 2.18. The molecule has 0 aliphatic heterocycles. The number of furan rings is 1. The van der Waals surface area contributed by atoms with Crippen molar-refractivity contribution < 1.29 is 14.0 Å². The first kappa shape index (κ1) is 23.0. The van der Waals surface area contributed by atoms with E-state index in [0.717, 1.165) is 29.6 Å². The number of amides is 2. The van der Waals surface area contributed by atoms with Crippen LogP contribution in [0.1, 0.15) is 42.6 Å². The molecule has 2 amide bonds. The van der Waals surface area contributed by atoms with Crippen molar-refractivity contribution in [2.75, 3.05) is 31.7 Å². The van der Waals surface area contributed by atoms with Gasteiger partial charge in [-0.25, -0.2) is 0 Å². The third kappa shape index (κ3) is 7.95. The molecule has 0 aliphatic rings. The summed E-state index contributed by atoms with van der Waals surface area (Å²) in [5.41, 5.74) is 0.663. The fraction of sp³-hybridized carbons (Fsp3) is 0.455. The SMILES string of the molecule is CN(C)Cc1ccc(CSCCNC(=O)c2cccc(NC(=O)C(C)(C)C)c2)o1. The molecule has 0 spiro atoms. The minimum Gasteiger partial charge on any atom is -0.464 e. The number of carbonyl (C=O) groups excluding carboxylic acids is 2. The molecular formula is C22H31N3O3S. The van der Waals surface area contributed by atoms with E-state index in [1.807, 2.05) is 47.0 Å². The molecule has 0 radical (unpaired) electrons. The zero-order chi connectivity index (χ0) is 21.4. The van der Waals surface area contributed by atoms with Gasteiger partial charge in [0.15, 0.2) is 0 Å². The van der Waals surface area contributed by atoms with Gasteiger partial charge in [-0.2, -0.15) is 11.8 Å². The summed E-state index contributed by atoms with van der Waals surface area (Å²) in [4.78, 5) is 26.5. The summed E-state index contributed by atoms with van der Waals surface area (Å²) < 4.78 is 5.78. The predicted molar refractivity (Wildman–Crippen MR) is 119 cm³/mol. The molecule has 7 heteroatoms. The van der Waals surface area contributed by atoms with Crippen molar-refractivity contribution >= 4 is 29.3 Å². The topological polar surface area (TPSA) is 74.6 Å². The zero-order valence-corrected chi connectivity index (χ0v) is 18.7. The molecule has 2 aromatic rings. The Morgan fingerprint density at radius 1 is 1.10 bits per heavy atom. The number of hydrogen-bond donors (Lipinski definition) is 2. The number of benzene rings is 1. The molecule has 0 saturated carbocycles. The molecule has 158 valence electrons. The van der Waals surface area contributed by atoms with Crippen molar-refractivity contribution in [1.29, 1.82) is 0 Å². The van der Waals surface area contributed by atoms with Gasteiger partial charge < -0.3 is 20.0 Å². The van der Waals surface area contributed by atoms with Crippen LogP contribution >= 0.6 is 11.8 Å². The van der Waals surface area contributed by atoms with Crippen LogP contribution in [0.15, 0.2) is 40.8 Å². The van der Waals surface area contributed by atoms with Gasteiger partial charge in [-0.1, -0.05) is 26.8 Å². The van der Waals surface area contributed by atoms with Crippen LogP contribution in [0.4, 0.5) is 5.69 Å². The Labute approximate surface area is 177 Å². The number of carbonyl (C=O) groups is 2. The Bertz CT molecular complexity index is 825. The molecular weight excluding hydrogens is 386 g/mol. The fourth-order valence-electron chi connectivity index (χ4n) is 2.46. The van der Waals surface area contributed by atoms with E-state index >= 15 is 0 Å². The van der Waals surface area contributed by atoms with Crippen LogP contribution in [0.5, 0.6) is 0 Å². The minimum atomic E-state index is -0.489. The summed E-state index contributed by atoms with van der Waals surface area (Å²) in [6.45, 7) is 6.90. The maximum atomic E-state index is 12.4. The second-order valence-electron chi connectivity index (χ2n) is 8.20. The number of nitrogens with zero attached hydrogens (tertiary/aromatic N) is 1. The minimum absolute atomic E-state index is 0.0851. The second-order valence-corrected chi connectivity index (χ2v) is 9.30. The number of hydrogen-bond acceptors (Lipinski definition) is 5. The third-order valence-corrected chi connectivity index (χ3v) is 5.01. The van der Waals surface area contributed by atoms with Gasteiger partial charge in [0.2, 0.25) is 5.91 Å². The molecule has 1 heterocycles. The molecule has 1 aromatic carbocycles. The molecule has 6 nitrogen and oxygen atoms in total. The van der Waals surface area contributed by atoms with Crippen molar-refractivity contribution in [2.45, 2.75) is 33.1 Å². The Morgan fingerprint density at radius 3 is 2.52 bits per heavy atom. The van der Waals surface area contributed by atoms with Gasteiger partial charge in [0, 0.05) is 29.0 Å². The molecule has 0 fully saturated rings. The van der Waals surface area contributed by atoms with Gasteiger partial charge in [0.05, 0.1) is 12.3 Å². The fourth-order valence-corrected chi connectivity index (χ4v) is 3.21. The van der Waals surface area contributed by atoms with Crippen LogP contribution in [0.25, 0.3) is 0 Å². The van der Waals surface area contributed by atoms with Crippen LogP contribution in [0, 0.1) is 5.41 Å². The Morgan fingerprint density at radius 2 is 1.83 bits per heavy atom. The molecule has 1 aromatic heterocycles. The first-order valence-corrected chi connectivity index (χ1v) is 10.8. The van der Waals surface area contributed by atoms with E-state index in [1.54, 1.807) is 36.0 Å². The Hall–Kier alpha value is -2.25. The molecule has 0 bridgehead atoms. The van der Waals surface area contributed by atoms with E-state index in [-0.39, 0.29) is 11.8 Å². The van der Waals surface area contributed by atoms with Crippen molar-refractivity contribution in [1.82, 2.24) is 10.2 Å². The number of rotatable bonds is 9. The molecule has 0 saturated heterocycles. The molecule has 0 aliphatic carbocycles. The highest BCUT2D eigenvalue weighted by Gasteiger charge is 2.21. The lowest BCUT2D eigenvalue weighted by molar-refractivity contribution is -0.123. The predicted octanol–water partition coefficient (Wildman–Crippen LogP) is 3.99. The quantitative estimate of drug-likeness (QED) is 0.604. The van der Waals surface area contributed by atoms with E-state index in [2.05, 4.69) is 15.5 Å². The summed E-state index contributed by atoms with van der Waals surface area (Å²) in [6.07, 6.45) is 0. The van der Waals surface area contributed by atoms with Gasteiger partial charge in [-0.05, 0) is 44.4 Å². The second kappa shape index (κ2) is 10.5. The molecule has 0 unspecified atom stereocenters. The molecule has 2 N–H and O–H groups in total. The summed E-state index contributed by atoms with van der Waals surface area (Å²) >= 11 is 1.71.